The van der Waals surface area contributed by atoms with Gasteiger partial charge in [0.1, 0.15) is 0 Å². The number of benzene rings is 1. The molecule has 0 unspecified atom stereocenters. The predicted molar refractivity (Wildman–Crippen MR) is 128 cm³/mol. The van der Waals surface area contributed by atoms with E-state index in [9.17, 15) is 9.59 Å². The zero-order valence-electron chi connectivity index (χ0n) is 20.2. The van der Waals surface area contributed by atoms with Crippen molar-refractivity contribution in [2.75, 3.05) is 7.05 Å². The van der Waals surface area contributed by atoms with Gasteiger partial charge in [0.25, 0.3) is 5.91 Å². The fourth-order valence-electron chi connectivity index (χ4n) is 4.68. The molecule has 0 N–H and O–H groups in total. The fourth-order valence-corrected chi connectivity index (χ4v) is 4.68. The number of carbonyl (C=O) groups excluding carboxylic acids is 2. The van der Waals surface area contributed by atoms with Crippen LogP contribution in [0, 0.1) is 5.92 Å². The smallest absolute Gasteiger partial charge is 0.254 e. The topological polar surface area (TPSA) is 37.4 Å². The van der Waals surface area contributed by atoms with Crippen molar-refractivity contribution in [1.29, 1.82) is 0 Å². The predicted octanol–water partition coefficient (Wildman–Crippen LogP) is 7.69. The van der Waals surface area contributed by atoms with E-state index >= 15 is 0 Å². The molecular weight excluding hydrogens is 370 g/mol. The zero-order chi connectivity index (χ0) is 22.4. The van der Waals surface area contributed by atoms with E-state index in [1.54, 1.807) is 18.2 Å². The Morgan fingerprint density at radius 3 is 1.87 bits per heavy atom. The summed E-state index contributed by atoms with van der Waals surface area (Å²) < 4.78 is 0. The average Bonchev–Trinajstić information content (AvgIpc) is 2.81. The van der Waals surface area contributed by atoms with Gasteiger partial charge in [-0.25, -0.2) is 0 Å². The van der Waals surface area contributed by atoms with E-state index in [0.717, 1.165) is 18.8 Å². The van der Waals surface area contributed by atoms with Crippen molar-refractivity contribution < 1.29 is 9.59 Å². The Balaban J connectivity index is 0.000000342. The largest absolute Gasteiger partial charge is 0.339 e. The molecule has 30 heavy (non-hydrogen) atoms. The highest BCUT2D eigenvalue weighted by Crippen LogP contribution is 2.27. The summed E-state index contributed by atoms with van der Waals surface area (Å²) in [5.74, 6) is 1.02. The quantitative estimate of drug-likeness (QED) is 0.462. The molecule has 0 bridgehead atoms. The molecule has 3 rings (SSSR count). The molecule has 2 fully saturated rings. The Kier molecular flexibility index (Phi) is 13.4. The summed E-state index contributed by atoms with van der Waals surface area (Å²) in [7, 11) is 1.86. The number of Topliss-reactive ketones (excluding diaryl/α,β-unsaturated/α-hetero) is 1. The van der Waals surface area contributed by atoms with E-state index in [1.807, 2.05) is 31.9 Å². The van der Waals surface area contributed by atoms with Crippen LogP contribution in [0.2, 0.25) is 0 Å². The number of hydrogen-bond acceptors (Lipinski definition) is 2. The molecule has 170 valence electrons. The van der Waals surface area contributed by atoms with Crippen LogP contribution in [0.4, 0.5) is 0 Å². The molecule has 0 saturated heterocycles. The van der Waals surface area contributed by atoms with Crippen LogP contribution in [-0.4, -0.2) is 29.7 Å². The molecule has 3 heteroatoms. The highest BCUT2D eigenvalue weighted by Gasteiger charge is 2.25. The molecule has 3 nitrogen and oxygen atoms in total. The first kappa shape index (κ1) is 26.4. The molecule has 1 aromatic carbocycles. The van der Waals surface area contributed by atoms with Gasteiger partial charge in [-0.05, 0) is 31.7 Å². The second kappa shape index (κ2) is 15.2. The highest BCUT2D eigenvalue weighted by atomic mass is 16.2. The Morgan fingerprint density at radius 1 is 0.867 bits per heavy atom. The molecule has 2 aliphatic rings. The normalized spacial score (nSPS) is 17.1. The first-order valence-corrected chi connectivity index (χ1v) is 12.4. The van der Waals surface area contributed by atoms with Gasteiger partial charge in [-0.2, -0.15) is 0 Å². The van der Waals surface area contributed by atoms with Crippen LogP contribution in [0.3, 0.4) is 0 Å². The molecule has 0 aromatic heterocycles. The lowest BCUT2D eigenvalue weighted by molar-refractivity contribution is 0.0692. The Bertz CT molecular complexity index is 610. The molecule has 2 aliphatic carbocycles. The molecular formula is C27H45NO2. The van der Waals surface area contributed by atoms with Crippen LogP contribution < -0.4 is 0 Å². The summed E-state index contributed by atoms with van der Waals surface area (Å²) in [5, 5.41) is 0. The van der Waals surface area contributed by atoms with Gasteiger partial charge in [0.15, 0.2) is 5.78 Å². The summed E-state index contributed by atoms with van der Waals surface area (Å²) in [6, 6.07) is 7.41. The lowest BCUT2D eigenvalue weighted by Crippen LogP contribution is -2.38. The number of hydrogen-bond donors (Lipinski definition) is 0. The summed E-state index contributed by atoms with van der Waals surface area (Å²) >= 11 is 0. The second-order valence-electron chi connectivity index (χ2n) is 8.60. The van der Waals surface area contributed by atoms with Crippen LogP contribution in [0.25, 0.3) is 0 Å². The first-order valence-electron chi connectivity index (χ1n) is 12.4. The molecule has 0 radical (unpaired) electrons. The Morgan fingerprint density at radius 2 is 1.37 bits per heavy atom. The average molecular weight is 416 g/mol. The molecule has 0 atom stereocenters. The second-order valence-corrected chi connectivity index (χ2v) is 8.60. The molecule has 0 aliphatic heterocycles. The van der Waals surface area contributed by atoms with Crippen LogP contribution in [0.5, 0.6) is 0 Å². The van der Waals surface area contributed by atoms with Crippen molar-refractivity contribution in [3.63, 3.8) is 0 Å². The minimum absolute atomic E-state index is 0.0299. The molecule has 1 aromatic rings. The number of carbonyl (C=O) groups is 2. The third-order valence-corrected chi connectivity index (χ3v) is 6.40. The minimum Gasteiger partial charge on any atom is -0.339 e. The molecule has 2 saturated carbocycles. The number of ketones is 1. The van der Waals surface area contributed by atoms with Crippen molar-refractivity contribution in [3.05, 3.63) is 35.4 Å². The van der Waals surface area contributed by atoms with Crippen LogP contribution in [-0.2, 0) is 0 Å². The summed E-state index contributed by atoms with van der Waals surface area (Å²) in [6.45, 7) is 7.81. The summed E-state index contributed by atoms with van der Waals surface area (Å²) in [4.78, 5) is 26.0. The van der Waals surface area contributed by atoms with E-state index < -0.39 is 0 Å². The maximum atomic E-state index is 12.5. The van der Waals surface area contributed by atoms with Crippen molar-refractivity contribution in [1.82, 2.24) is 4.90 Å². The van der Waals surface area contributed by atoms with Gasteiger partial charge in [0, 0.05) is 18.7 Å². The molecule has 0 spiro atoms. The van der Waals surface area contributed by atoms with Gasteiger partial charge in [0.2, 0.25) is 0 Å². The Labute approximate surface area is 185 Å². The van der Waals surface area contributed by atoms with E-state index in [2.05, 4.69) is 6.92 Å². The lowest BCUT2D eigenvalue weighted by Gasteiger charge is -2.31. The van der Waals surface area contributed by atoms with Gasteiger partial charge < -0.3 is 4.90 Å². The third kappa shape index (κ3) is 8.62. The van der Waals surface area contributed by atoms with E-state index in [0.29, 0.717) is 17.2 Å². The van der Waals surface area contributed by atoms with E-state index in [-0.39, 0.29) is 11.7 Å². The maximum Gasteiger partial charge on any atom is 0.254 e. The van der Waals surface area contributed by atoms with Crippen molar-refractivity contribution in [2.45, 2.75) is 111 Å². The van der Waals surface area contributed by atoms with Gasteiger partial charge in [-0.15, -0.1) is 0 Å². The number of amides is 1. The number of nitrogens with zero attached hydrogens (tertiary/aromatic N) is 1. The molecule has 1 amide bonds. The van der Waals surface area contributed by atoms with E-state index in [1.165, 1.54) is 71.1 Å². The lowest BCUT2D eigenvalue weighted by atomic mass is 9.86. The zero-order valence-corrected chi connectivity index (χ0v) is 20.2. The van der Waals surface area contributed by atoms with E-state index in [4.69, 9.17) is 0 Å². The standard InChI is InChI=1S/C16H21NO2.C9H18.C2H6/c1-12(18)14-10-6-7-11-15(14)16(19)17(2)13-8-4-3-5-9-13;1-2-6-9-7-4-3-5-8-9;1-2/h6-7,10-11,13H,3-5,8-9H2,1-2H3;9H,2-8H2,1H3;1-2H3. The van der Waals surface area contributed by atoms with Crippen molar-refractivity contribution in [3.8, 4) is 0 Å². The maximum absolute atomic E-state index is 12.5. The fraction of sp³-hybridized carbons (Fsp3) is 0.704. The SMILES string of the molecule is CC.CC(=O)c1ccccc1C(=O)N(C)C1CCCCC1.CCCC1CCCCC1. The summed E-state index contributed by atoms with van der Waals surface area (Å²) in [5.41, 5.74) is 1.05. The Hall–Kier alpha value is -1.64. The van der Waals surface area contributed by atoms with Crippen molar-refractivity contribution in [2.24, 2.45) is 5.92 Å². The van der Waals surface area contributed by atoms with Gasteiger partial charge in [-0.3, -0.25) is 9.59 Å². The minimum atomic E-state index is -0.0546. The molecule has 0 heterocycles. The van der Waals surface area contributed by atoms with Gasteiger partial charge in [-0.1, -0.05) is 103 Å². The highest BCUT2D eigenvalue weighted by molar-refractivity contribution is 6.07. The monoisotopic (exact) mass is 415 g/mol. The first-order chi connectivity index (χ1) is 14.5. The van der Waals surface area contributed by atoms with Crippen LogP contribution >= 0.6 is 0 Å². The van der Waals surface area contributed by atoms with Gasteiger partial charge >= 0.3 is 0 Å². The summed E-state index contributed by atoms with van der Waals surface area (Å²) in [6.07, 6.45) is 16.2. The van der Waals surface area contributed by atoms with Crippen molar-refractivity contribution >= 4 is 11.7 Å². The van der Waals surface area contributed by atoms with Gasteiger partial charge in [0.05, 0.1) is 5.56 Å². The number of rotatable bonds is 5. The third-order valence-electron chi connectivity index (χ3n) is 6.40. The van der Waals surface area contributed by atoms with Crippen LogP contribution in [0.15, 0.2) is 24.3 Å². The van der Waals surface area contributed by atoms with Crippen LogP contribution in [0.1, 0.15) is 125 Å².